The second-order valence-electron chi connectivity index (χ2n) is 6.04. The van der Waals surface area contributed by atoms with Crippen LogP contribution >= 0.6 is 11.6 Å². The van der Waals surface area contributed by atoms with Crippen molar-refractivity contribution in [3.05, 3.63) is 76.5 Å². The van der Waals surface area contributed by atoms with Crippen LogP contribution in [-0.4, -0.2) is 18.7 Å². The third-order valence-corrected chi connectivity index (χ3v) is 4.20. The fourth-order valence-electron chi connectivity index (χ4n) is 2.37. The first-order valence-electron chi connectivity index (χ1n) is 8.39. The highest BCUT2D eigenvalue weighted by molar-refractivity contribution is 6.30. The van der Waals surface area contributed by atoms with Crippen LogP contribution < -0.4 is 10.2 Å². The van der Waals surface area contributed by atoms with E-state index in [1.165, 1.54) is 11.8 Å². The van der Waals surface area contributed by atoms with Crippen LogP contribution in [0.25, 0.3) is 11.3 Å². The molecule has 1 amide bonds. The second kappa shape index (κ2) is 8.56. The molecule has 0 atom stereocenters. The molecule has 1 aromatic heterocycles. The van der Waals surface area contributed by atoms with Gasteiger partial charge in [0.1, 0.15) is 17.3 Å². The summed E-state index contributed by atoms with van der Waals surface area (Å²) in [4.78, 5) is 11.8. The molecule has 0 spiro atoms. The van der Waals surface area contributed by atoms with Crippen LogP contribution in [0.2, 0.25) is 5.02 Å². The first-order chi connectivity index (χ1) is 13.0. The standard InChI is InChI=1S/C21H19ClN2O3/c1-14-6-7-18(10-15(14)2)26-13-21(25)24-23-12-19-8-9-20(27-19)16-4-3-5-17(22)11-16/h3-12H,13H2,1-2H3,(H,24,25)/b23-12-. The first kappa shape index (κ1) is 18.7. The summed E-state index contributed by atoms with van der Waals surface area (Å²) < 4.78 is 11.1. The topological polar surface area (TPSA) is 63.8 Å². The number of nitrogens with zero attached hydrogens (tertiary/aromatic N) is 1. The lowest BCUT2D eigenvalue weighted by Gasteiger charge is -2.07. The number of hydrogen-bond donors (Lipinski definition) is 1. The summed E-state index contributed by atoms with van der Waals surface area (Å²) in [7, 11) is 0. The van der Waals surface area contributed by atoms with E-state index in [0.717, 1.165) is 11.1 Å². The number of rotatable bonds is 6. The Bertz CT molecular complexity index is 979. The first-order valence-corrected chi connectivity index (χ1v) is 8.77. The average molecular weight is 383 g/mol. The molecule has 0 aliphatic heterocycles. The molecule has 138 valence electrons. The smallest absolute Gasteiger partial charge is 0.277 e. The number of hydrazone groups is 1. The molecule has 0 unspecified atom stereocenters. The SMILES string of the molecule is Cc1ccc(OCC(=O)N/N=C\c2ccc(-c3cccc(Cl)c3)o2)cc1C. The highest BCUT2D eigenvalue weighted by atomic mass is 35.5. The summed E-state index contributed by atoms with van der Waals surface area (Å²) >= 11 is 5.98. The van der Waals surface area contributed by atoms with Crippen LogP contribution in [0, 0.1) is 13.8 Å². The summed E-state index contributed by atoms with van der Waals surface area (Å²) in [5, 5.41) is 4.52. The van der Waals surface area contributed by atoms with Crippen LogP contribution in [-0.2, 0) is 4.79 Å². The molecule has 3 rings (SSSR count). The second-order valence-corrected chi connectivity index (χ2v) is 6.48. The van der Waals surface area contributed by atoms with E-state index in [0.29, 0.717) is 22.3 Å². The number of benzene rings is 2. The average Bonchev–Trinajstić information content (AvgIpc) is 3.12. The highest BCUT2D eigenvalue weighted by Gasteiger charge is 2.05. The lowest BCUT2D eigenvalue weighted by Crippen LogP contribution is -2.24. The molecule has 2 aromatic carbocycles. The zero-order chi connectivity index (χ0) is 19.2. The Morgan fingerprint density at radius 1 is 1.15 bits per heavy atom. The van der Waals surface area contributed by atoms with Crippen LogP contribution in [0.1, 0.15) is 16.9 Å². The van der Waals surface area contributed by atoms with Crippen molar-refractivity contribution in [2.75, 3.05) is 6.61 Å². The van der Waals surface area contributed by atoms with Gasteiger partial charge in [-0.15, -0.1) is 0 Å². The van der Waals surface area contributed by atoms with Crippen molar-refractivity contribution in [2.45, 2.75) is 13.8 Å². The van der Waals surface area contributed by atoms with Gasteiger partial charge in [-0.25, -0.2) is 5.43 Å². The number of furan rings is 1. The van der Waals surface area contributed by atoms with Gasteiger partial charge in [-0.1, -0.05) is 29.8 Å². The number of amides is 1. The van der Waals surface area contributed by atoms with Crippen molar-refractivity contribution in [3.63, 3.8) is 0 Å². The molecule has 6 heteroatoms. The highest BCUT2D eigenvalue weighted by Crippen LogP contribution is 2.24. The lowest BCUT2D eigenvalue weighted by atomic mass is 10.1. The molecule has 0 fully saturated rings. The third kappa shape index (κ3) is 5.21. The van der Waals surface area contributed by atoms with Crippen molar-refractivity contribution < 1.29 is 13.9 Å². The van der Waals surface area contributed by atoms with Gasteiger partial charge in [-0.3, -0.25) is 4.79 Å². The Morgan fingerprint density at radius 2 is 2.00 bits per heavy atom. The fraction of sp³-hybridized carbons (Fsp3) is 0.143. The minimum atomic E-state index is -0.355. The molecule has 1 N–H and O–H groups in total. The van der Waals surface area contributed by atoms with E-state index < -0.39 is 0 Å². The molecule has 3 aromatic rings. The predicted octanol–water partition coefficient (Wildman–Crippen LogP) is 4.75. The Kier molecular flexibility index (Phi) is 5.94. The van der Waals surface area contributed by atoms with Crippen molar-refractivity contribution in [2.24, 2.45) is 5.10 Å². The molecule has 0 aliphatic carbocycles. The Morgan fingerprint density at radius 3 is 2.78 bits per heavy atom. The zero-order valence-electron chi connectivity index (χ0n) is 15.0. The normalized spacial score (nSPS) is 10.9. The molecule has 1 heterocycles. The number of carbonyl (C=O) groups excluding carboxylic acids is 1. The summed E-state index contributed by atoms with van der Waals surface area (Å²) in [6.07, 6.45) is 1.43. The van der Waals surface area contributed by atoms with Crippen molar-refractivity contribution >= 4 is 23.7 Å². The van der Waals surface area contributed by atoms with Gasteiger partial charge in [0.05, 0.1) is 6.21 Å². The number of hydrogen-bond acceptors (Lipinski definition) is 4. The van der Waals surface area contributed by atoms with Gasteiger partial charge in [0, 0.05) is 10.6 Å². The van der Waals surface area contributed by atoms with Crippen molar-refractivity contribution in [1.29, 1.82) is 0 Å². The van der Waals surface area contributed by atoms with E-state index in [1.54, 1.807) is 12.1 Å². The fourth-order valence-corrected chi connectivity index (χ4v) is 2.56. The summed E-state index contributed by atoms with van der Waals surface area (Å²) in [5.74, 6) is 1.48. The number of halogens is 1. The monoisotopic (exact) mass is 382 g/mol. The van der Waals surface area contributed by atoms with E-state index in [4.69, 9.17) is 20.8 Å². The molecule has 0 radical (unpaired) electrons. The number of ether oxygens (including phenoxy) is 1. The summed E-state index contributed by atoms with van der Waals surface area (Å²) in [6, 6.07) is 16.6. The minimum absolute atomic E-state index is 0.119. The van der Waals surface area contributed by atoms with E-state index in [2.05, 4.69) is 10.5 Å². The Balaban J connectivity index is 1.51. The summed E-state index contributed by atoms with van der Waals surface area (Å²) in [6.45, 7) is 3.90. The third-order valence-electron chi connectivity index (χ3n) is 3.97. The van der Waals surface area contributed by atoms with Crippen molar-refractivity contribution in [1.82, 2.24) is 5.43 Å². The molecule has 0 bridgehead atoms. The zero-order valence-corrected chi connectivity index (χ0v) is 15.8. The lowest BCUT2D eigenvalue weighted by molar-refractivity contribution is -0.123. The largest absolute Gasteiger partial charge is 0.484 e. The summed E-state index contributed by atoms with van der Waals surface area (Å²) in [5.41, 5.74) is 5.56. The van der Waals surface area contributed by atoms with Gasteiger partial charge in [0.15, 0.2) is 6.61 Å². The number of aryl methyl sites for hydroxylation is 2. The van der Waals surface area contributed by atoms with E-state index in [9.17, 15) is 4.79 Å². The molecule has 0 saturated heterocycles. The van der Waals surface area contributed by atoms with Gasteiger partial charge < -0.3 is 9.15 Å². The van der Waals surface area contributed by atoms with Gasteiger partial charge in [-0.2, -0.15) is 5.10 Å². The van der Waals surface area contributed by atoms with Gasteiger partial charge in [-0.05, 0) is 61.4 Å². The van der Waals surface area contributed by atoms with E-state index in [-0.39, 0.29) is 12.5 Å². The van der Waals surface area contributed by atoms with Gasteiger partial charge >= 0.3 is 0 Å². The van der Waals surface area contributed by atoms with Crippen molar-refractivity contribution in [3.8, 4) is 17.1 Å². The predicted molar refractivity (Wildman–Crippen MR) is 106 cm³/mol. The Labute approximate surface area is 162 Å². The number of nitrogens with one attached hydrogen (secondary N) is 1. The van der Waals surface area contributed by atoms with Crippen LogP contribution in [0.4, 0.5) is 0 Å². The molecule has 0 aliphatic rings. The molecule has 27 heavy (non-hydrogen) atoms. The molecule has 5 nitrogen and oxygen atoms in total. The maximum Gasteiger partial charge on any atom is 0.277 e. The van der Waals surface area contributed by atoms with E-state index >= 15 is 0 Å². The maximum absolute atomic E-state index is 11.8. The Hall–Kier alpha value is -3.05. The molecule has 0 saturated carbocycles. The van der Waals surface area contributed by atoms with E-state index in [1.807, 2.05) is 56.3 Å². The quantitative estimate of drug-likeness (QED) is 0.494. The van der Waals surface area contributed by atoms with Gasteiger partial charge in [0.25, 0.3) is 5.91 Å². The van der Waals surface area contributed by atoms with Crippen LogP contribution in [0.15, 0.2) is 64.1 Å². The van der Waals surface area contributed by atoms with Crippen LogP contribution in [0.5, 0.6) is 5.75 Å². The molecular formula is C21H19ClN2O3. The number of carbonyl (C=O) groups is 1. The minimum Gasteiger partial charge on any atom is -0.484 e. The van der Waals surface area contributed by atoms with Gasteiger partial charge in [0.2, 0.25) is 0 Å². The molecular weight excluding hydrogens is 364 g/mol. The van der Waals surface area contributed by atoms with Crippen LogP contribution in [0.3, 0.4) is 0 Å². The maximum atomic E-state index is 11.8.